The minimum Gasteiger partial charge on any atom is -0.339 e. The highest BCUT2D eigenvalue weighted by Gasteiger charge is 2.32. The van der Waals surface area contributed by atoms with Gasteiger partial charge in [-0.3, -0.25) is 4.79 Å². The number of likely N-dealkylation sites (tertiary alicyclic amines) is 1. The molecule has 0 spiro atoms. The second kappa shape index (κ2) is 7.34. The van der Waals surface area contributed by atoms with Crippen LogP contribution in [0, 0.1) is 5.92 Å². The van der Waals surface area contributed by atoms with Gasteiger partial charge in [-0.2, -0.15) is 0 Å². The number of amides is 1. The van der Waals surface area contributed by atoms with Crippen molar-refractivity contribution >= 4 is 18.3 Å². The van der Waals surface area contributed by atoms with Gasteiger partial charge in [-0.25, -0.2) is 0 Å². The maximum absolute atomic E-state index is 12.6. The van der Waals surface area contributed by atoms with Crippen LogP contribution in [0.2, 0.25) is 0 Å². The van der Waals surface area contributed by atoms with E-state index in [1.807, 2.05) is 0 Å². The van der Waals surface area contributed by atoms with Crippen molar-refractivity contribution in [3.8, 4) is 0 Å². The molecule has 3 nitrogen and oxygen atoms in total. The number of rotatable bonds is 2. The van der Waals surface area contributed by atoms with E-state index in [4.69, 9.17) is 0 Å². The highest BCUT2D eigenvalue weighted by atomic mass is 35.5. The van der Waals surface area contributed by atoms with E-state index in [2.05, 4.69) is 24.1 Å². The fourth-order valence-corrected chi connectivity index (χ4v) is 3.31. The first-order valence-corrected chi connectivity index (χ1v) is 7.26. The van der Waals surface area contributed by atoms with Crippen molar-refractivity contribution in [1.82, 2.24) is 10.2 Å². The van der Waals surface area contributed by atoms with E-state index in [9.17, 15) is 4.79 Å². The summed E-state index contributed by atoms with van der Waals surface area (Å²) >= 11 is 0. The number of piperidine rings is 2. The molecule has 0 aromatic rings. The van der Waals surface area contributed by atoms with Gasteiger partial charge in [0.15, 0.2) is 0 Å². The zero-order valence-electron chi connectivity index (χ0n) is 11.7. The summed E-state index contributed by atoms with van der Waals surface area (Å²) in [7, 11) is 0. The Bertz CT molecular complexity index is 273. The number of hydrogen-bond donors (Lipinski definition) is 1. The summed E-state index contributed by atoms with van der Waals surface area (Å²) in [5, 5.41) is 3.42. The van der Waals surface area contributed by atoms with Gasteiger partial charge in [-0.15, -0.1) is 12.4 Å². The first-order valence-electron chi connectivity index (χ1n) is 7.26. The molecule has 0 bridgehead atoms. The SMILES string of the molecule is CCC1CCCCN1C(=O)[C@H]1CCN[C@@H](C)C1.Cl. The minimum atomic E-state index is 0. The van der Waals surface area contributed by atoms with E-state index in [0.717, 1.165) is 32.4 Å². The van der Waals surface area contributed by atoms with Crippen LogP contribution in [-0.4, -0.2) is 36.0 Å². The van der Waals surface area contributed by atoms with Crippen LogP contribution in [-0.2, 0) is 4.79 Å². The molecule has 3 atom stereocenters. The fourth-order valence-electron chi connectivity index (χ4n) is 3.31. The predicted molar refractivity (Wildman–Crippen MR) is 77.1 cm³/mol. The fraction of sp³-hybridized carbons (Fsp3) is 0.929. The first-order chi connectivity index (χ1) is 8.22. The van der Waals surface area contributed by atoms with E-state index in [-0.39, 0.29) is 18.3 Å². The average molecular weight is 275 g/mol. The van der Waals surface area contributed by atoms with Crippen LogP contribution in [0.5, 0.6) is 0 Å². The predicted octanol–water partition coefficient (Wildman–Crippen LogP) is 2.59. The quantitative estimate of drug-likeness (QED) is 0.839. The second-order valence-electron chi connectivity index (χ2n) is 5.67. The third-order valence-electron chi connectivity index (χ3n) is 4.35. The number of halogens is 1. The van der Waals surface area contributed by atoms with Crippen molar-refractivity contribution < 1.29 is 4.79 Å². The summed E-state index contributed by atoms with van der Waals surface area (Å²) in [4.78, 5) is 14.8. The van der Waals surface area contributed by atoms with Crippen LogP contribution in [0.25, 0.3) is 0 Å². The molecule has 2 saturated heterocycles. The van der Waals surface area contributed by atoms with E-state index in [0.29, 0.717) is 18.0 Å². The van der Waals surface area contributed by atoms with Crippen molar-refractivity contribution in [1.29, 1.82) is 0 Å². The van der Waals surface area contributed by atoms with Gasteiger partial charge in [-0.05, 0) is 52.0 Å². The molecule has 0 aromatic carbocycles. The Morgan fingerprint density at radius 2 is 2.11 bits per heavy atom. The molecule has 0 aliphatic carbocycles. The molecule has 0 saturated carbocycles. The van der Waals surface area contributed by atoms with Gasteiger partial charge in [0.2, 0.25) is 5.91 Å². The summed E-state index contributed by atoms with van der Waals surface area (Å²) in [5.41, 5.74) is 0. The molecular formula is C14H27ClN2O. The van der Waals surface area contributed by atoms with Gasteiger partial charge in [-0.1, -0.05) is 6.92 Å². The molecule has 2 fully saturated rings. The van der Waals surface area contributed by atoms with Crippen molar-refractivity contribution in [2.24, 2.45) is 5.92 Å². The van der Waals surface area contributed by atoms with E-state index < -0.39 is 0 Å². The van der Waals surface area contributed by atoms with Crippen LogP contribution in [0.15, 0.2) is 0 Å². The molecule has 0 aromatic heterocycles. The van der Waals surface area contributed by atoms with E-state index in [1.54, 1.807) is 0 Å². The lowest BCUT2D eigenvalue weighted by Crippen LogP contribution is -2.49. The summed E-state index contributed by atoms with van der Waals surface area (Å²) in [6, 6.07) is 1.02. The van der Waals surface area contributed by atoms with Crippen LogP contribution in [0.3, 0.4) is 0 Å². The van der Waals surface area contributed by atoms with Gasteiger partial charge in [0.05, 0.1) is 0 Å². The largest absolute Gasteiger partial charge is 0.339 e. The maximum atomic E-state index is 12.6. The second-order valence-corrected chi connectivity index (χ2v) is 5.67. The van der Waals surface area contributed by atoms with Crippen molar-refractivity contribution in [3.05, 3.63) is 0 Å². The van der Waals surface area contributed by atoms with Crippen LogP contribution in [0.4, 0.5) is 0 Å². The van der Waals surface area contributed by atoms with Gasteiger partial charge in [0.1, 0.15) is 0 Å². The Balaban J connectivity index is 0.00000162. The van der Waals surface area contributed by atoms with Crippen molar-refractivity contribution in [2.45, 2.75) is 64.5 Å². The molecule has 1 N–H and O–H groups in total. The summed E-state index contributed by atoms with van der Waals surface area (Å²) < 4.78 is 0. The zero-order valence-corrected chi connectivity index (χ0v) is 12.5. The smallest absolute Gasteiger partial charge is 0.226 e. The monoisotopic (exact) mass is 274 g/mol. The zero-order chi connectivity index (χ0) is 12.3. The number of carbonyl (C=O) groups is 1. The molecule has 1 unspecified atom stereocenters. The number of nitrogens with zero attached hydrogens (tertiary/aromatic N) is 1. The van der Waals surface area contributed by atoms with Gasteiger partial charge >= 0.3 is 0 Å². The van der Waals surface area contributed by atoms with Crippen LogP contribution in [0.1, 0.15) is 52.4 Å². The molecule has 0 radical (unpaired) electrons. The molecule has 1 amide bonds. The molecular weight excluding hydrogens is 248 g/mol. The standard InChI is InChI=1S/C14H26N2O.ClH/c1-3-13-6-4-5-9-16(13)14(17)12-7-8-15-11(2)10-12;/h11-13,15H,3-10H2,1-2H3;1H/t11-,12-,13?;/m0./s1. The number of hydrogen-bond acceptors (Lipinski definition) is 2. The van der Waals surface area contributed by atoms with Gasteiger partial charge in [0.25, 0.3) is 0 Å². The number of nitrogens with one attached hydrogen (secondary N) is 1. The van der Waals surface area contributed by atoms with Gasteiger partial charge in [0, 0.05) is 24.5 Å². The molecule has 106 valence electrons. The topological polar surface area (TPSA) is 32.3 Å². The maximum Gasteiger partial charge on any atom is 0.226 e. The normalized spacial score (nSPS) is 32.8. The molecule has 2 aliphatic heterocycles. The highest BCUT2D eigenvalue weighted by molar-refractivity contribution is 5.85. The van der Waals surface area contributed by atoms with Gasteiger partial charge < -0.3 is 10.2 Å². The molecule has 2 rings (SSSR count). The van der Waals surface area contributed by atoms with E-state index in [1.165, 1.54) is 19.3 Å². The van der Waals surface area contributed by atoms with Crippen LogP contribution < -0.4 is 5.32 Å². The minimum absolute atomic E-state index is 0. The molecule has 4 heteroatoms. The average Bonchev–Trinajstić information content (AvgIpc) is 2.38. The molecule has 18 heavy (non-hydrogen) atoms. The third-order valence-corrected chi connectivity index (χ3v) is 4.35. The third kappa shape index (κ3) is 3.61. The Hall–Kier alpha value is -0.280. The Kier molecular flexibility index (Phi) is 6.44. The van der Waals surface area contributed by atoms with Crippen LogP contribution >= 0.6 is 12.4 Å². The molecule has 2 aliphatic rings. The molecule has 2 heterocycles. The lowest BCUT2D eigenvalue weighted by molar-refractivity contribution is -0.140. The Labute approximate surface area is 117 Å². The Morgan fingerprint density at radius 1 is 1.33 bits per heavy atom. The van der Waals surface area contributed by atoms with E-state index >= 15 is 0 Å². The summed E-state index contributed by atoms with van der Waals surface area (Å²) in [6.07, 6.45) is 6.87. The first kappa shape index (κ1) is 15.8. The summed E-state index contributed by atoms with van der Waals surface area (Å²) in [5.74, 6) is 0.711. The lowest BCUT2D eigenvalue weighted by atomic mass is 9.90. The van der Waals surface area contributed by atoms with Crippen molar-refractivity contribution in [3.63, 3.8) is 0 Å². The highest BCUT2D eigenvalue weighted by Crippen LogP contribution is 2.25. The Morgan fingerprint density at radius 3 is 2.78 bits per heavy atom. The van der Waals surface area contributed by atoms with Crippen molar-refractivity contribution in [2.75, 3.05) is 13.1 Å². The summed E-state index contributed by atoms with van der Waals surface area (Å²) in [6.45, 7) is 6.39. The lowest BCUT2D eigenvalue weighted by Gasteiger charge is -2.39. The number of carbonyl (C=O) groups excluding carboxylic acids is 1.